The fourth-order valence-electron chi connectivity index (χ4n) is 3.47. The molecule has 1 saturated carbocycles. The SMILES string of the molecule is CN1CCC(c2cccc(C3(CO)CCC3)c2)C1. The quantitative estimate of drug-likeness (QED) is 0.884. The first-order valence-electron chi connectivity index (χ1n) is 7.13. The van der Waals surface area contributed by atoms with Crippen LogP contribution in [0, 0.1) is 0 Å². The highest BCUT2D eigenvalue weighted by molar-refractivity contribution is 5.34. The molecule has 0 bridgehead atoms. The van der Waals surface area contributed by atoms with E-state index in [2.05, 4.69) is 36.2 Å². The normalized spacial score (nSPS) is 27.1. The van der Waals surface area contributed by atoms with E-state index in [4.69, 9.17) is 0 Å². The van der Waals surface area contributed by atoms with Gasteiger partial charge in [-0.25, -0.2) is 0 Å². The summed E-state index contributed by atoms with van der Waals surface area (Å²) in [4.78, 5) is 2.41. The van der Waals surface area contributed by atoms with Crippen molar-refractivity contribution in [3.63, 3.8) is 0 Å². The summed E-state index contributed by atoms with van der Waals surface area (Å²) in [5.74, 6) is 0.686. The van der Waals surface area contributed by atoms with Crippen LogP contribution in [0.2, 0.25) is 0 Å². The number of nitrogens with zero attached hydrogens (tertiary/aromatic N) is 1. The number of rotatable bonds is 3. The maximum Gasteiger partial charge on any atom is 0.0527 e. The van der Waals surface area contributed by atoms with Crippen molar-refractivity contribution in [2.75, 3.05) is 26.7 Å². The molecule has 2 fully saturated rings. The second kappa shape index (κ2) is 4.67. The van der Waals surface area contributed by atoms with Gasteiger partial charge in [0, 0.05) is 12.0 Å². The average molecular weight is 245 g/mol. The largest absolute Gasteiger partial charge is 0.395 e. The third-order valence-corrected chi connectivity index (χ3v) is 4.98. The summed E-state index contributed by atoms with van der Waals surface area (Å²) < 4.78 is 0. The predicted molar refractivity (Wildman–Crippen MR) is 73.9 cm³/mol. The molecule has 1 N–H and O–H groups in total. The molecule has 0 aromatic heterocycles. The fourth-order valence-corrected chi connectivity index (χ4v) is 3.47. The van der Waals surface area contributed by atoms with Gasteiger partial charge in [-0.15, -0.1) is 0 Å². The van der Waals surface area contributed by atoms with Crippen LogP contribution in [0.15, 0.2) is 24.3 Å². The standard InChI is InChI=1S/C16H23NO/c1-17-9-6-14(11-17)13-4-2-5-15(10-13)16(12-18)7-3-8-16/h2,4-5,10,14,18H,3,6-9,11-12H2,1H3. The summed E-state index contributed by atoms with van der Waals surface area (Å²) in [5, 5.41) is 9.68. The number of likely N-dealkylation sites (tertiary alicyclic amines) is 1. The number of benzene rings is 1. The van der Waals surface area contributed by atoms with Gasteiger partial charge >= 0.3 is 0 Å². The first kappa shape index (κ1) is 12.2. The Hall–Kier alpha value is -0.860. The van der Waals surface area contributed by atoms with Crippen molar-refractivity contribution in [3.8, 4) is 0 Å². The molecular formula is C16H23NO. The highest BCUT2D eigenvalue weighted by Crippen LogP contribution is 2.44. The van der Waals surface area contributed by atoms with Crippen LogP contribution in [-0.2, 0) is 5.41 Å². The minimum Gasteiger partial charge on any atom is -0.395 e. The van der Waals surface area contributed by atoms with Crippen LogP contribution in [0.5, 0.6) is 0 Å². The molecule has 1 atom stereocenters. The van der Waals surface area contributed by atoms with Crippen LogP contribution in [-0.4, -0.2) is 36.8 Å². The Morgan fingerprint density at radius 2 is 2.22 bits per heavy atom. The van der Waals surface area contributed by atoms with Crippen LogP contribution in [0.1, 0.15) is 42.7 Å². The Kier molecular flexibility index (Phi) is 3.16. The van der Waals surface area contributed by atoms with Crippen molar-refractivity contribution < 1.29 is 5.11 Å². The maximum absolute atomic E-state index is 9.68. The second-order valence-corrected chi connectivity index (χ2v) is 6.17. The van der Waals surface area contributed by atoms with E-state index in [0.717, 1.165) is 12.8 Å². The lowest BCUT2D eigenvalue weighted by Crippen LogP contribution is -2.38. The molecule has 1 aromatic rings. The Morgan fingerprint density at radius 3 is 2.78 bits per heavy atom. The molecule has 3 rings (SSSR count). The van der Waals surface area contributed by atoms with Crippen LogP contribution < -0.4 is 0 Å². The second-order valence-electron chi connectivity index (χ2n) is 6.17. The summed E-state index contributed by atoms with van der Waals surface area (Å²) in [5.41, 5.74) is 2.92. The summed E-state index contributed by atoms with van der Waals surface area (Å²) in [6.07, 6.45) is 4.83. The van der Waals surface area contributed by atoms with Crippen molar-refractivity contribution in [2.45, 2.75) is 37.0 Å². The molecule has 1 aromatic carbocycles. The molecule has 98 valence electrons. The third kappa shape index (κ3) is 1.98. The monoisotopic (exact) mass is 245 g/mol. The minimum atomic E-state index is 0.0838. The van der Waals surface area contributed by atoms with Crippen molar-refractivity contribution in [1.29, 1.82) is 0 Å². The minimum absolute atomic E-state index is 0.0838. The van der Waals surface area contributed by atoms with E-state index < -0.39 is 0 Å². The van der Waals surface area contributed by atoms with Crippen LogP contribution in [0.4, 0.5) is 0 Å². The lowest BCUT2D eigenvalue weighted by atomic mass is 9.64. The van der Waals surface area contributed by atoms with Crippen molar-refractivity contribution in [1.82, 2.24) is 4.90 Å². The van der Waals surface area contributed by atoms with Gasteiger partial charge in [-0.05, 0) is 49.9 Å². The highest BCUT2D eigenvalue weighted by Gasteiger charge is 2.38. The maximum atomic E-state index is 9.68. The van der Waals surface area contributed by atoms with Crippen molar-refractivity contribution in [3.05, 3.63) is 35.4 Å². The molecule has 2 nitrogen and oxygen atoms in total. The van der Waals surface area contributed by atoms with Gasteiger partial charge in [0.2, 0.25) is 0 Å². The van der Waals surface area contributed by atoms with Gasteiger partial charge in [0.05, 0.1) is 6.61 Å². The van der Waals surface area contributed by atoms with Gasteiger partial charge in [0.15, 0.2) is 0 Å². The number of aliphatic hydroxyl groups excluding tert-OH is 1. The third-order valence-electron chi connectivity index (χ3n) is 4.98. The molecule has 2 heteroatoms. The number of hydrogen-bond acceptors (Lipinski definition) is 2. The van der Waals surface area contributed by atoms with E-state index >= 15 is 0 Å². The number of aliphatic hydroxyl groups is 1. The van der Waals surface area contributed by atoms with Crippen LogP contribution in [0.25, 0.3) is 0 Å². The van der Waals surface area contributed by atoms with E-state index in [1.54, 1.807) is 0 Å². The zero-order valence-electron chi connectivity index (χ0n) is 11.2. The van der Waals surface area contributed by atoms with Gasteiger partial charge < -0.3 is 10.0 Å². The molecular weight excluding hydrogens is 222 g/mol. The first-order valence-corrected chi connectivity index (χ1v) is 7.13. The molecule has 1 heterocycles. The first-order chi connectivity index (χ1) is 8.73. The zero-order valence-corrected chi connectivity index (χ0v) is 11.2. The van der Waals surface area contributed by atoms with E-state index in [9.17, 15) is 5.11 Å². The van der Waals surface area contributed by atoms with E-state index in [0.29, 0.717) is 12.5 Å². The molecule has 2 aliphatic rings. The number of hydrogen-bond donors (Lipinski definition) is 1. The van der Waals surface area contributed by atoms with Gasteiger partial charge in [-0.2, -0.15) is 0 Å². The van der Waals surface area contributed by atoms with E-state index in [1.807, 2.05) is 0 Å². The van der Waals surface area contributed by atoms with Gasteiger partial charge in [-0.1, -0.05) is 30.7 Å². The Labute approximate surface area is 110 Å². The van der Waals surface area contributed by atoms with E-state index in [-0.39, 0.29) is 5.41 Å². The smallest absolute Gasteiger partial charge is 0.0527 e. The molecule has 0 amide bonds. The van der Waals surface area contributed by atoms with E-state index in [1.165, 1.54) is 37.1 Å². The van der Waals surface area contributed by atoms with Crippen molar-refractivity contribution in [2.24, 2.45) is 0 Å². The Morgan fingerprint density at radius 1 is 1.39 bits per heavy atom. The van der Waals surface area contributed by atoms with Gasteiger partial charge in [0.1, 0.15) is 0 Å². The molecule has 0 spiro atoms. The summed E-state index contributed by atoms with van der Waals surface area (Å²) >= 11 is 0. The molecule has 1 aliphatic carbocycles. The fraction of sp³-hybridized carbons (Fsp3) is 0.625. The molecule has 0 radical (unpaired) electrons. The van der Waals surface area contributed by atoms with Gasteiger partial charge in [-0.3, -0.25) is 0 Å². The predicted octanol–water partition coefficient (Wildman–Crippen LogP) is 2.52. The van der Waals surface area contributed by atoms with Crippen LogP contribution in [0.3, 0.4) is 0 Å². The molecule has 1 aliphatic heterocycles. The van der Waals surface area contributed by atoms with Gasteiger partial charge in [0.25, 0.3) is 0 Å². The summed E-state index contributed by atoms with van der Waals surface area (Å²) in [7, 11) is 2.20. The average Bonchev–Trinajstić information content (AvgIpc) is 2.76. The topological polar surface area (TPSA) is 23.5 Å². The Bertz CT molecular complexity index is 419. The Balaban J connectivity index is 1.85. The zero-order chi connectivity index (χ0) is 12.6. The number of likely N-dealkylation sites (N-methyl/N-ethyl adjacent to an activating group) is 1. The lowest BCUT2D eigenvalue weighted by molar-refractivity contribution is 0.120. The molecule has 1 unspecified atom stereocenters. The highest BCUT2D eigenvalue weighted by atomic mass is 16.3. The lowest BCUT2D eigenvalue weighted by Gasteiger charge is -2.41. The summed E-state index contributed by atoms with van der Waals surface area (Å²) in [6, 6.07) is 9.01. The van der Waals surface area contributed by atoms with Crippen LogP contribution >= 0.6 is 0 Å². The molecule has 1 saturated heterocycles. The molecule has 18 heavy (non-hydrogen) atoms. The van der Waals surface area contributed by atoms with Crippen molar-refractivity contribution >= 4 is 0 Å². The summed E-state index contributed by atoms with van der Waals surface area (Å²) in [6.45, 7) is 2.69.